The minimum atomic E-state index is -0.565. The molecule has 0 bridgehead atoms. The molecule has 0 radical (unpaired) electrons. The summed E-state index contributed by atoms with van der Waals surface area (Å²) in [5.41, 5.74) is 3.53. The summed E-state index contributed by atoms with van der Waals surface area (Å²) in [6, 6.07) is 14.2. The number of aromatic nitrogens is 1. The van der Waals surface area contributed by atoms with E-state index >= 15 is 0 Å². The van der Waals surface area contributed by atoms with E-state index in [0.29, 0.717) is 38.5 Å². The second kappa shape index (κ2) is 8.31. The van der Waals surface area contributed by atoms with Gasteiger partial charge in [-0.05, 0) is 36.2 Å². The first-order chi connectivity index (χ1) is 16.2. The zero-order chi connectivity index (χ0) is 22.2. The Morgan fingerprint density at radius 2 is 1.94 bits per heavy atom. The molecule has 4 heterocycles. The summed E-state index contributed by atoms with van der Waals surface area (Å²) in [6.07, 6.45) is 1.39. The Morgan fingerprint density at radius 1 is 1.03 bits per heavy atom. The molecule has 0 N–H and O–H groups in total. The Morgan fingerprint density at radius 3 is 2.88 bits per heavy atom. The molecule has 3 aliphatic heterocycles. The Labute approximate surface area is 190 Å². The Bertz CT molecular complexity index is 1190. The third-order valence-electron chi connectivity index (χ3n) is 6.21. The molecule has 3 aromatic rings. The molecule has 9 nitrogen and oxygen atoms in total. The Kier molecular flexibility index (Phi) is 5.01. The number of amides is 1. The summed E-state index contributed by atoms with van der Waals surface area (Å²) in [6.45, 7) is 2.96. The van der Waals surface area contributed by atoms with E-state index in [9.17, 15) is 4.79 Å². The van der Waals surface area contributed by atoms with Gasteiger partial charge in [0.25, 0.3) is 11.9 Å². The van der Waals surface area contributed by atoms with Gasteiger partial charge in [0.1, 0.15) is 5.52 Å². The predicted molar refractivity (Wildman–Crippen MR) is 121 cm³/mol. The van der Waals surface area contributed by atoms with Crippen molar-refractivity contribution in [2.24, 2.45) is 5.16 Å². The molecular weight excluding hydrogens is 424 g/mol. The molecule has 1 saturated heterocycles. The quantitative estimate of drug-likeness (QED) is 0.606. The van der Waals surface area contributed by atoms with Gasteiger partial charge in [0.2, 0.25) is 12.9 Å². The molecule has 3 aliphatic rings. The number of hydrogen-bond donors (Lipinski definition) is 0. The van der Waals surface area contributed by atoms with E-state index in [1.807, 2.05) is 47.4 Å². The maximum atomic E-state index is 13.1. The van der Waals surface area contributed by atoms with Crippen LogP contribution in [-0.4, -0.2) is 60.6 Å². The van der Waals surface area contributed by atoms with Crippen molar-refractivity contribution >= 4 is 28.7 Å². The van der Waals surface area contributed by atoms with Crippen LogP contribution in [0.1, 0.15) is 18.4 Å². The van der Waals surface area contributed by atoms with Gasteiger partial charge in [0, 0.05) is 39.0 Å². The van der Waals surface area contributed by atoms with Gasteiger partial charge in [-0.1, -0.05) is 23.4 Å². The largest absolute Gasteiger partial charge is 0.454 e. The van der Waals surface area contributed by atoms with Crippen LogP contribution in [0.2, 0.25) is 0 Å². The molecule has 1 aromatic heterocycles. The van der Waals surface area contributed by atoms with Crippen LogP contribution in [0, 0.1) is 0 Å². The fourth-order valence-electron chi connectivity index (χ4n) is 4.48. The van der Waals surface area contributed by atoms with Crippen molar-refractivity contribution in [3.05, 3.63) is 48.0 Å². The number of benzene rings is 2. The first kappa shape index (κ1) is 19.9. The number of oxime groups is 1. The highest BCUT2D eigenvalue weighted by Crippen LogP contribution is 2.33. The van der Waals surface area contributed by atoms with E-state index in [2.05, 4.69) is 15.0 Å². The van der Waals surface area contributed by atoms with Crippen LogP contribution in [-0.2, 0) is 16.1 Å². The van der Waals surface area contributed by atoms with Crippen LogP contribution in [0.5, 0.6) is 11.5 Å². The summed E-state index contributed by atoms with van der Waals surface area (Å²) in [5.74, 6) is 1.48. The zero-order valence-corrected chi connectivity index (χ0v) is 18.1. The van der Waals surface area contributed by atoms with E-state index in [1.165, 1.54) is 0 Å². The first-order valence-electron chi connectivity index (χ1n) is 11.2. The lowest BCUT2D eigenvalue weighted by molar-refractivity contribution is -0.141. The van der Waals surface area contributed by atoms with Gasteiger partial charge in [-0.3, -0.25) is 4.79 Å². The standard InChI is InChI=1S/C24H24N4O5/c29-23(22-14-17(26-33-22)12-16-6-7-20-21(13-16)31-15-30-20)27-8-3-9-28(11-10-27)24-25-18-4-1-2-5-19(18)32-24/h1-2,4-7,13,22H,3,8-12,14-15H2/t22-/m1/s1. The van der Waals surface area contributed by atoms with Gasteiger partial charge < -0.3 is 28.5 Å². The van der Waals surface area contributed by atoms with E-state index in [-0.39, 0.29) is 12.7 Å². The number of fused-ring (bicyclic) bond motifs is 2. The van der Waals surface area contributed by atoms with Gasteiger partial charge >= 0.3 is 0 Å². The summed E-state index contributed by atoms with van der Waals surface area (Å²) in [5, 5.41) is 4.19. The molecule has 1 amide bonds. The molecule has 33 heavy (non-hydrogen) atoms. The number of carbonyl (C=O) groups excluding carboxylic acids is 1. The molecule has 0 aliphatic carbocycles. The van der Waals surface area contributed by atoms with Crippen molar-refractivity contribution in [1.82, 2.24) is 9.88 Å². The Balaban J connectivity index is 1.05. The van der Waals surface area contributed by atoms with Crippen molar-refractivity contribution in [2.45, 2.75) is 25.4 Å². The molecule has 1 fully saturated rings. The summed E-state index contributed by atoms with van der Waals surface area (Å²) >= 11 is 0. The van der Waals surface area contributed by atoms with E-state index in [0.717, 1.165) is 46.8 Å². The van der Waals surface area contributed by atoms with E-state index in [1.54, 1.807) is 0 Å². The summed E-state index contributed by atoms with van der Waals surface area (Å²) in [7, 11) is 0. The van der Waals surface area contributed by atoms with Gasteiger partial charge in [-0.25, -0.2) is 0 Å². The molecule has 0 spiro atoms. The number of ether oxygens (including phenoxy) is 2. The highest BCUT2D eigenvalue weighted by molar-refractivity contribution is 5.94. The van der Waals surface area contributed by atoms with E-state index < -0.39 is 6.10 Å². The van der Waals surface area contributed by atoms with Crippen molar-refractivity contribution in [3.63, 3.8) is 0 Å². The SMILES string of the molecule is O=C([C@H]1CC(Cc2ccc3c(c2)OCO3)=NO1)N1CCCN(c2nc3ccccc3o2)CC1. The number of oxazole rings is 1. The van der Waals surface area contributed by atoms with Crippen molar-refractivity contribution < 1.29 is 23.5 Å². The van der Waals surface area contributed by atoms with Crippen LogP contribution >= 0.6 is 0 Å². The van der Waals surface area contributed by atoms with Crippen LogP contribution in [0.3, 0.4) is 0 Å². The number of hydrogen-bond acceptors (Lipinski definition) is 8. The van der Waals surface area contributed by atoms with Crippen molar-refractivity contribution in [3.8, 4) is 11.5 Å². The number of anilines is 1. The average molecular weight is 448 g/mol. The van der Waals surface area contributed by atoms with E-state index in [4.69, 9.17) is 18.7 Å². The second-order valence-corrected chi connectivity index (χ2v) is 8.45. The highest BCUT2D eigenvalue weighted by Gasteiger charge is 2.33. The molecule has 1 atom stereocenters. The zero-order valence-electron chi connectivity index (χ0n) is 18.1. The number of carbonyl (C=O) groups is 1. The summed E-state index contributed by atoms with van der Waals surface area (Å²) in [4.78, 5) is 27.2. The van der Waals surface area contributed by atoms with Crippen molar-refractivity contribution in [2.75, 3.05) is 37.9 Å². The smallest absolute Gasteiger partial charge is 0.298 e. The predicted octanol–water partition coefficient (Wildman–Crippen LogP) is 2.98. The maximum absolute atomic E-state index is 13.1. The Hall–Kier alpha value is -3.75. The molecular formula is C24H24N4O5. The summed E-state index contributed by atoms with van der Waals surface area (Å²) < 4.78 is 16.7. The van der Waals surface area contributed by atoms with Gasteiger partial charge in [0.15, 0.2) is 17.1 Å². The van der Waals surface area contributed by atoms with Crippen molar-refractivity contribution in [1.29, 1.82) is 0 Å². The third kappa shape index (κ3) is 3.94. The van der Waals surface area contributed by atoms with Gasteiger partial charge in [0.05, 0.1) is 5.71 Å². The first-order valence-corrected chi connectivity index (χ1v) is 11.2. The number of nitrogens with zero attached hydrogens (tertiary/aromatic N) is 4. The number of rotatable bonds is 4. The lowest BCUT2D eigenvalue weighted by Gasteiger charge is -2.23. The molecule has 9 heteroatoms. The van der Waals surface area contributed by atoms with Crippen LogP contribution in [0.15, 0.2) is 52.0 Å². The monoisotopic (exact) mass is 448 g/mol. The van der Waals surface area contributed by atoms with Gasteiger partial charge in [-0.15, -0.1) is 0 Å². The number of para-hydroxylation sites is 2. The normalized spacial score (nSPS) is 20.0. The van der Waals surface area contributed by atoms with Crippen LogP contribution in [0.4, 0.5) is 6.01 Å². The molecule has 170 valence electrons. The van der Waals surface area contributed by atoms with Crippen LogP contribution < -0.4 is 14.4 Å². The van der Waals surface area contributed by atoms with Crippen LogP contribution in [0.25, 0.3) is 11.1 Å². The minimum absolute atomic E-state index is 0.0150. The fourth-order valence-corrected chi connectivity index (χ4v) is 4.48. The molecule has 0 saturated carbocycles. The topological polar surface area (TPSA) is 89.6 Å². The average Bonchev–Trinajstić information content (AvgIpc) is 3.55. The lowest BCUT2D eigenvalue weighted by atomic mass is 10.0. The molecule has 0 unspecified atom stereocenters. The fraction of sp³-hybridized carbons (Fsp3) is 0.375. The molecule has 6 rings (SSSR count). The van der Waals surface area contributed by atoms with Gasteiger partial charge in [-0.2, -0.15) is 4.98 Å². The highest BCUT2D eigenvalue weighted by atomic mass is 16.7. The lowest BCUT2D eigenvalue weighted by Crippen LogP contribution is -2.41. The maximum Gasteiger partial charge on any atom is 0.298 e. The second-order valence-electron chi connectivity index (χ2n) is 8.45. The third-order valence-corrected chi connectivity index (χ3v) is 6.21. The molecule has 2 aromatic carbocycles. The minimum Gasteiger partial charge on any atom is -0.454 e.